The van der Waals surface area contributed by atoms with Crippen molar-refractivity contribution in [3.8, 4) is 22.8 Å². The van der Waals surface area contributed by atoms with Crippen LogP contribution in [0.1, 0.15) is 0 Å². The predicted molar refractivity (Wildman–Crippen MR) is 62.9 cm³/mol. The van der Waals surface area contributed by atoms with E-state index in [1.54, 1.807) is 12.1 Å². The SMILES string of the molecule is [c]1cc(-c2ncncn2)cc(-c2ncncn2)c1. The molecular formula is C12H7N6. The molecule has 0 aliphatic rings. The monoisotopic (exact) mass is 235 g/mol. The van der Waals surface area contributed by atoms with Gasteiger partial charge in [0.15, 0.2) is 11.6 Å². The Morgan fingerprint density at radius 3 is 1.56 bits per heavy atom. The van der Waals surface area contributed by atoms with Crippen molar-refractivity contribution in [1.29, 1.82) is 0 Å². The molecule has 85 valence electrons. The molecule has 0 amide bonds. The number of rotatable bonds is 2. The third kappa shape index (κ3) is 2.03. The molecule has 0 aliphatic carbocycles. The Labute approximate surface area is 103 Å². The van der Waals surface area contributed by atoms with E-state index in [9.17, 15) is 0 Å². The maximum atomic E-state index is 4.09. The maximum Gasteiger partial charge on any atom is 0.162 e. The average Bonchev–Trinajstić information content (AvgIpc) is 2.49. The van der Waals surface area contributed by atoms with Crippen molar-refractivity contribution in [1.82, 2.24) is 29.9 Å². The van der Waals surface area contributed by atoms with E-state index in [2.05, 4.69) is 36.0 Å². The first kappa shape index (κ1) is 10.4. The van der Waals surface area contributed by atoms with Crippen molar-refractivity contribution in [3.05, 3.63) is 49.6 Å². The van der Waals surface area contributed by atoms with E-state index in [0.717, 1.165) is 11.1 Å². The summed E-state index contributed by atoms with van der Waals surface area (Å²) in [4.78, 5) is 23.9. The number of benzene rings is 1. The van der Waals surface area contributed by atoms with Gasteiger partial charge in [-0.05, 0) is 24.3 Å². The minimum atomic E-state index is 0.595. The third-order valence-electron chi connectivity index (χ3n) is 2.29. The summed E-state index contributed by atoms with van der Waals surface area (Å²) < 4.78 is 0. The lowest BCUT2D eigenvalue weighted by atomic mass is 10.1. The average molecular weight is 235 g/mol. The number of nitrogens with zero attached hydrogens (tertiary/aromatic N) is 6. The van der Waals surface area contributed by atoms with E-state index in [-0.39, 0.29) is 0 Å². The van der Waals surface area contributed by atoms with Crippen molar-refractivity contribution in [3.63, 3.8) is 0 Å². The standard InChI is InChI=1S/C12H7N6/c1-2-9(11-15-5-13-6-16-11)4-10(3-1)12-17-7-14-8-18-12/h2-8H. The van der Waals surface area contributed by atoms with Crippen LogP contribution in [0.4, 0.5) is 0 Å². The highest BCUT2D eigenvalue weighted by Crippen LogP contribution is 2.20. The number of hydrogen-bond donors (Lipinski definition) is 0. The lowest BCUT2D eigenvalue weighted by Crippen LogP contribution is -1.92. The van der Waals surface area contributed by atoms with Crippen LogP contribution in [0.5, 0.6) is 0 Å². The Morgan fingerprint density at radius 2 is 1.11 bits per heavy atom. The Morgan fingerprint density at radius 1 is 0.667 bits per heavy atom. The van der Waals surface area contributed by atoms with Crippen LogP contribution < -0.4 is 0 Å². The summed E-state index contributed by atoms with van der Waals surface area (Å²) in [5, 5.41) is 0. The summed E-state index contributed by atoms with van der Waals surface area (Å²) in [6.45, 7) is 0. The first-order valence-corrected chi connectivity index (χ1v) is 5.19. The molecule has 6 nitrogen and oxygen atoms in total. The quantitative estimate of drug-likeness (QED) is 0.664. The first-order chi connectivity index (χ1) is 8.93. The summed E-state index contributed by atoms with van der Waals surface area (Å²) in [7, 11) is 0. The van der Waals surface area contributed by atoms with Crippen molar-refractivity contribution in [2.75, 3.05) is 0 Å². The molecule has 0 unspecified atom stereocenters. The molecule has 1 aromatic carbocycles. The fourth-order valence-corrected chi connectivity index (χ4v) is 1.51. The van der Waals surface area contributed by atoms with Crippen LogP contribution in [0.25, 0.3) is 22.8 Å². The lowest BCUT2D eigenvalue weighted by molar-refractivity contribution is 1.05. The molecule has 6 heteroatoms. The lowest BCUT2D eigenvalue weighted by Gasteiger charge is -2.02. The zero-order valence-corrected chi connectivity index (χ0v) is 9.22. The van der Waals surface area contributed by atoms with Gasteiger partial charge in [0.2, 0.25) is 0 Å². The minimum absolute atomic E-state index is 0.595. The zero-order chi connectivity index (χ0) is 12.2. The topological polar surface area (TPSA) is 77.3 Å². The van der Waals surface area contributed by atoms with Crippen LogP contribution in [0.15, 0.2) is 43.5 Å². The van der Waals surface area contributed by atoms with Gasteiger partial charge in [0.05, 0.1) is 0 Å². The molecule has 0 spiro atoms. The van der Waals surface area contributed by atoms with Crippen LogP contribution in [0.2, 0.25) is 0 Å². The second kappa shape index (κ2) is 4.62. The Bertz CT molecular complexity index is 586. The van der Waals surface area contributed by atoms with Crippen LogP contribution in [0.3, 0.4) is 0 Å². The molecule has 0 fully saturated rings. The van der Waals surface area contributed by atoms with E-state index in [0.29, 0.717) is 11.6 Å². The molecule has 0 N–H and O–H groups in total. The van der Waals surface area contributed by atoms with Crippen LogP contribution in [-0.2, 0) is 0 Å². The predicted octanol–water partition coefficient (Wildman–Crippen LogP) is 1.19. The van der Waals surface area contributed by atoms with Crippen LogP contribution >= 0.6 is 0 Å². The van der Waals surface area contributed by atoms with Gasteiger partial charge in [0.1, 0.15) is 25.3 Å². The van der Waals surface area contributed by atoms with Gasteiger partial charge in [-0.3, -0.25) is 0 Å². The number of hydrogen-bond acceptors (Lipinski definition) is 6. The van der Waals surface area contributed by atoms with Crippen molar-refractivity contribution in [2.45, 2.75) is 0 Å². The summed E-state index contributed by atoms with van der Waals surface area (Å²) in [5.74, 6) is 1.19. The molecule has 2 aromatic heterocycles. The Kier molecular flexibility index (Phi) is 2.67. The highest BCUT2D eigenvalue weighted by Gasteiger charge is 2.04. The summed E-state index contributed by atoms with van der Waals surface area (Å²) in [5.41, 5.74) is 1.69. The fraction of sp³-hybridized carbons (Fsp3) is 0. The summed E-state index contributed by atoms with van der Waals surface area (Å²) in [6.07, 6.45) is 5.83. The van der Waals surface area contributed by atoms with Gasteiger partial charge in [-0.1, -0.05) is 0 Å². The minimum Gasteiger partial charge on any atom is -0.225 e. The molecule has 0 saturated heterocycles. The molecule has 3 aromatic rings. The molecule has 0 atom stereocenters. The highest BCUT2D eigenvalue weighted by molar-refractivity contribution is 5.65. The molecule has 0 bridgehead atoms. The van der Waals surface area contributed by atoms with E-state index in [4.69, 9.17) is 0 Å². The molecule has 3 rings (SSSR count). The molecule has 0 saturated carbocycles. The van der Waals surface area contributed by atoms with Crippen molar-refractivity contribution in [2.24, 2.45) is 0 Å². The van der Waals surface area contributed by atoms with Gasteiger partial charge < -0.3 is 0 Å². The van der Waals surface area contributed by atoms with Crippen LogP contribution in [-0.4, -0.2) is 29.9 Å². The van der Waals surface area contributed by atoms with Gasteiger partial charge in [0, 0.05) is 11.1 Å². The van der Waals surface area contributed by atoms with Gasteiger partial charge in [0.25, 0.3) is 0 Å². The molecular weight excluding hydrogens is 228 g/mol. The highest BCUT2D eigenvalue weighted by atomic mass is 15.0. The van der Waals surface area contributed by atoms with Gasteiger partial charge in [-0.15, -0.1) is 0 Å². The summed E-state index contributed by atoms with van der Waals surface area (Å²) in [6, 6.07) is 8.54. The van der Waals surface area contributed by atoms with E-state index in [1.807, 2.05) is 6.07 Å². The Hall–Kier alpha value is -2.76. The maximum absolute atomic E-state index is 4.09. The largest absolute Gasteiger partial charge is 0.225 e. The van der Waals surface area contributed by atoms with Crippen LogP contribution in [0, 0.1) is 6.07 Å². The zero-order valence-electron chi connectivity index (χ0n) is 9.22. The smallest absolute Gasteiger partial charge is 0.162 e. The third-order valence-corrected chi connectivity index (χ3v) is 2.29. The summed E-state index contributed by atoms with van der Waals surface area (Å²) >= 11 is 0. The van der Waals surface area contributed by atoms with Gasteiger partial charge in [-0.2, -0.15) is 0 Å². The van der Waals surface area contributed by atoms with Crippen molar-refractivity contribution < 1.29 is 0 Å². The van der Waals surface area contributed by atoms with E-state index >= 15 is 0 Å². The van der Waals surface area contributed by atoms with Gasteiger partial charge in [-0.25, -0.2) is 29.9 Å². The normalized spacial score (nSPS) is 10.2. The number of aromatic nitrogens is 6. The fourth-order valence-electron chi connectivity index (χ4n) is 1.51. The second-order valence-electron chi connectivity index (χ2n) is 3.43. The van der Waals surface area contributed by atoms with Gasteiger partial charge >= 0.3 is 0 Å². The van der Waals surface area contributed by atoms with E-state index in [1.165, 1.54) is 25.3 Å². The molecule has 2 heterocycles. The van der Waals surface area contributed by atoms with Crippen molar-refractivity contribution >= 4 is 0 Å². The van der Waals surface area contributed by atoms with E-state index < -0.39 is 0 Å². The molecule has 0 aliphatic heterocycles. The molecule has 18 heavy (non-hydrogen) atoms. The molecule has 1 radical (unpaired) electrons. The second-order valence-corrected chi connectivity index (χ2v) is 3.43. The first-order valence-electron chi connectivity index (χ1n) is 5.19. The Balaban J connectivity index is 2.05.